The zero-order valence-corrected chi connectivity index (χ0v) is 17.9. The highest BCUT2D eigenvalue weighted by Gasteiger charge is 2.23. The maximum absolute atomic E-state index is 12.6. The van der Waals surface area contributed by atoms with Crippen LogP contribution in [0, 0.1) is 0 Å². The van der Waals surface area contributed by atoms with Crippen LogP contribution in [0.3, 0.4) is 0 Å². The van der Waals surface area contributed by atoms with Gasteiger partial charge in [0.2, 0.25) is 21.7 Å². The van der Waals surface area contributed by atoms with Gasteiger partial charge in [0.25, 0.3) is 5.91 Å². The molecule has 2 unspecified atom stereocenters. The molecule has 0 spiro atoms. The normalized spacial score (nSPS) is 14.4. The first kappa shape index (κ1) is 21.4. The lowest BCUT2D eigenvalue weighted by atomic mass is 9.99. The first-order valence-corrected chi connectivity index (χ1v) is 11.2. The Kier molecular flexibility index (Phi) is 7.78. The average molecular weight is 504 g/mol. The van der Waals surface area contributed by atoms with Crippen LogP contribution in [0.15, 0.2) is 52.2 Å². The fraction of sp³-hybridized carbons (Fsp3) is 0.353. The zero-order chi connectivity index (χ0) is 19.9. The molecule has 8 nitrogen and oxygen atoms in total. The Balaban J connectivity index is 2.18. The van der Waals surface area contributed by atoms with Crippen molar-refractivity contribution in [2.75, 3.05) is 12.3 Å². The number of nitrogens with zero attached hydrogens (tertiary/aromatic N) is 2. The van der Waals surface area contributed by atoms with E-state index in [-0.39, 0.29) is 28.1 Å². The van der Waals surface area contributed by atoms with Crippen LogP contribution in [0.5, 0.6) is 0 Å². The van der Waals surface area contributed by atoms with Crippen LogP contribution >= 0.6 is 22.6 Å². The lowest BCUT2D eigenvalue weighted by Crippen LogP contribution is -2.44. The van der Waals surface area contributed by atoms with Gasteiger partial charge in [-0.15, -0.1) is 0 Å². The molecule has 2 rings (SSSR count). The van der Waals surface area contributed by atoms with E-state index in [1.165, 1.54) is 19.4 Å². The number of sulfonamides is 1. The highest BCUT2D eigenvalue weighted by molar-refractivity contribution is 14.1. The molecule has 0 fully saturated rings. The summed E-state index contributed by atoms with van der Waals surface area (Å²) in [5.41, 5.74) is 0.912. The number of carbonyl (C=O) groups is 1. The molecule has 0 saturated carbocycles. The van der Waals surface area contributed by atoms with E-state index in [1.807, 2.05) is 52.9 Å². The molecule has 0 saturated heterocycles. The Hall–Kier alpha value is -1.95. The Morgan fingerprint density at radius 3 is 2.59 bits per heavy atom. The largest absolute Gasteiger partial charge is 0.448 e. The third-order valence-corrected chi connectivity index (χ3v) is 5.12. The number of carbonyl (C=O) groups excluding carboxylic acids is 1. The Morgan fingerprint density at radius 2 is 2.04 bits per heavy atom. The third-order valence-electron chi connectivity index (χ3n) is 3.57. The summed E-state index contributed by atoms with van der Waals surface area (Å²) >= 11 is 1.99. The minimum absolute atomic E-state index is 0.155. The van der Waals surface area contributed by atoms with Crippen LogP contribution < -0.4 is 10.0 Å². The van der Waals surface area contributed by atoms with Crippen LogP contribution in [0.4, 0.5) is 0 Å². The van der Waals surface area contributed by atoms with Crippen molar-refractivity contribution in [3.63, 3.8) is 0 Å². The molecule has 2 N–H and O–H groups in total. The quantitative estimate of drug-likeness (QED) is 0.197. The van der Waals surface area contributed by atoms with Crippen molar-refractivity contribution >= 4 is 44.4 Å². The molecule has 2 atom stereocenters. The summed E-state index contributed by atoms with van der Waals surface area (Å²) < 4.78 is 31.0. The molecule has 0 aliphatic rings. The number of amidine groups is 1. The molecule has 0 radical (unpaired) electrons. The molecular weight excluding hydrogens is 483 g/mol. The van der Waals surface area contributed by atoms with Crippen LogP contribution in [-0.2, 0) is 14.8 Å². The number of alkyl halides is 1. The van der Waals surface area contributed by atoms with Crippen LogP contribution in [-0.4, -0.2) is 41.5 Å². The molecule has 146 valence electrons. The molecule has 1 aromatic heterocycles. The van der Waals surface area contributed by atoms with E-state index in [4.69, 9.17) is 4.42 Å². The number of aliphatic imine (C=N–C) groups is 1. The summed E-state index contributed by atoms with van der Waals surface area (Å²) in [6.07, 6.45) is 3.00. The maximum Gasteiger partial charge on any atom is 0.287 e. The predicted molar refractivity (Wildman–Crippen MR) is 111 cm³/mol. The van der Waals surface area contributed by atoms with Gasteiger partial charge in [-0.2, -0.15) is 0 Å². The molecule has 0 aliphatic heterocycles. The van der Waals surface area contributed by atoms with Crippen molar-refractivity contribution in [3.05, 3.63) is 54.2 Å². The summed E-state index contributed by atoms with van der Waals surface area (Å²) in [6.45, 7) is 3.40. The van der Waals surface area contributed by atoms with Gasteiger partial charge in [0, 0.05) is 6.54 Å². The minimum atomic E-state index is -3.62. The van der Waals surface area contributed by atoms with Crippen LogP contribution in [0.1, 0.15) is 31.2 Å². The van der Waals surface area contributed by atoms with Crippen LogP contribution in [0.25, 0.3) is 0 Å². The van der Waals surface area contributed by atoms with Crippen molar-refractivity contribution in [1.29, 1.82) is 0 Å². The van der Waals surface area contributed by atoms with Gasteiger partial charge < -0.3 is 9.73 Å². The number of oxazole rings is 1. The highest BCUT2D eigenvalue weighted by atomic mass is 127. The Labute approximate surface area is 172 Å². The van der Waals surface area contributed by atoms with E-state index >= 15 is 0 Å². The molecule has 1 heterocycles. The summed E-state index contributed by atoms with van der Waals surface area (Å²) in [6, 6.07) is 9.46. The zero-order valence-electron chi connectivity index (χ0n) is 14.9. The van der Waals surface area contributed by atoms with Gasteiger partial charge in [0.05, 0.1) is 17.9 Å². The molecule has 2 aromatic rings. The van der Waals surface area contributed by atoms with Gasteiger partial charge >= 0.3 is 0 Å². The van der Waals surface area contributed by atoms with Crippen molar-refractivity contribution in [2.24, 2.45) is 4.99 Å². The number of halogens is 1. The van der Waals surface area contributed by atoms with Crippen molar-refractivity contribution < 1.29 is 17.6 Å². The summed E-state index contributed by atoms with van der Waals surface area (Å²) in [7, 11) is -3.62. The first-order valence-electron chi connectivity index (χ1n) is 8.27. The van der Waals surface area contributed by atoms with E-state index in [9.17, 15) is 13.2 Å². The fourth-order valence-electron chi connectivity index (χ4n) is 2.25. The molecular formula is C17H21IN4O4S. The minimum Gasteiger partial charge on any atom is -0.448 e. The number of rotatable bonds is 7. The second-order valence-electron chi connectivity index (χ2n) is 5.60. The van der Waals surface area contributed by atoms with E-state index in [0.29, 0.717) is 5.89 Å². The van der Waals surface area contributed by atoms with Gasteiger partial charge in [0.1, 0.15) is 10.3 Å². The molecule has 0 aliphatic carbocycles. The summed E-state index contributed by atoms with van der Waals surface area (Å²) in [4.78, 5) is 20.8. The monoisotopic (exact) mass is 504 g/mol. The number of amides is 1. The fourth-order valence-corrected chi connectivity index (χ4v) is 3.11. The second-order valence-corrected chi connectivity index (χ2v) is 9.41. The van der Waals surface area contributed by atoms with Crippen molar-refractivity contribution in [1.82, 2.24) is 15.0 Å². The lowest BCUT2D eigenvalue weighted by Gasteiger charge is -2.16. The van der Waals surface area contributed by atoms with Gasteiger partial charge in [-0.05, 0) is 19.4 Å². The standard InChI is InChI=1S/C17H21IN4O4S/c1-3-27(24,25)22-15(21-12(2)18)16(23)20-11-14(17-19-9-10-26-17)13-7-5-4-6-8-13/h4-10,12,14H,3,11H2,1-2H3,(H,20,23)(H,21,22). The van der Waals surface area contributed by atoms with Gasteiger partial charge in [-0.1, -0.05) is 52.9 Å². The van der Waals surface area contributed by atoms with Gasteiger partial charge in [-0.3, -0.25) is 9.52 Å². The SMILES string of the molecule is CCS(=O)(=O)N/C(=N\C(C)I)C(=O)NCC(c1ccccc1)c1ncco1. The lowest BCUT2D eigenvalue weighted by molar-refractivity contribution is -0.115. The van der Waals surface area contributed by atoms with Crippen molar-refractivity contribution in [2.45, 2.75) is 23.8 Å². The van der Waals surface area contributed by atoms with E-state index in [1.54, 1.807) is 6.92 Å². The van der Waals surface area contributed by atoms with E-state index < -0.39 is 15.9 Å². The summed E-state index contributed by atoms with van der Waals surface area (Å²) in [5.74, 6) is -0.860. The number of nitrogens with one attached hydrogen (secondary N) is 2. The van der Waals surface area contributed by atoms with Crippen LogP contribution in [0.2, 0.25) is 0 Å². The smallest absolute Gasteiger partial charge is 0.287 e. The number of hydrogen-bond acceptors (Lipinski definition) is 6. The number of aromatic nitrogens is 1. The van der Waals surface area contributed by atoms with Gasteiger partial charge in [0.15, 0.2) is 0 Å². The average Bonchev–Trinajstić information content (AvgIpc) is 3.16. The van der Waals surface area contributed by atoms with E-state index in [0.717, 1.165) is 5.56 Å². The van der Waals surface area contributed by atoms with Gasteiger partial charge in [-0.25, -0.2) is 18.4 Å². The van der Waals surface area contributed by atoms with Crippen molar-refractivity contribution in [3.8, 4) is 0 Å². The van der Waals surface area contributed by atoms with E-state index in [2.05, 4.69) is 20.0 Å². The predicted octanol–water partition coefficient (Wildman–Crippen LogP) is 2.04. The highest BCUT2D eigenvalue weighted by Crippen LogP contribution is 2.22. The number of hydrogen-bond donors (Lipinski definition) is 2. The third kappa shape index (κ3) is 6.61. The maximum atomic E-state index is 12.6. The Morgan fingerprint density at radius 1 is 1.33 bits per heavy atom. The summed E-state index contributed by atoms with van der Waals surface area (Å²) in [5, 5.41) is 2.72. The molecule has 10 heteroatoms. The topological polar surface area (TPSA) is 114 Å². The Bertz CT molecular complexity index is 868. The first-order chi connectivity index (χ1) is 12.8. The molecule has 27 heavy (non-hydrogen) atoms. The molecule has 1 aromatic carbocycles. The second kappa shape index (κ2) is 9.83. The molecule has 0 bridgehead atoms. The molecule has 1 amide bonds. The number of benzene rings is 1.